The second kappa shape index (κ2) is 16.9. The van der Waals surface area contributed by atoms with Crippen LogP contribution in [-0.4, -0.2) is 103 Å². The van der Waals surface area contributed by atoms with Crippen LogP contribution >= 0.6 is 0 Å². The van der Waals surface area contributed by atoms with Gasteiger partial charge in [-0.15, -0.1) is 0 Å². The number of likely N-dealkylation sites (N-methyl/N-ethyl adjacent to an activating group) is 1. The number of piperidine rings is 1. The number of fused-ring (bicyclic) bond motifs is 1. The van der Waals surface area contributed by atoms with Gasteiger partial charge in [0.05, 0.1) is 13.2 Å². The summed E-state index contributed by atoms with van der Waals surface area (Å²) in [6.45, 7) is 9.89. The lowest BCUT2D eigenvalue weighted by atomic mass is 9.83. The van der Waals surface area contributed by atoms with Gasteiger partial charge in [0.25, 0.3) is 5.91 Å². The average molecular weight is 751 g/mol. The summed E-state index contributed by atoms with van der Waals surface area (Å²) in [6.07, 6.45) is 4.43. The highest BCUT2D eigenvalue weighted by molar-refractivity contribution is 6.38. The average Bonchev–Trinajstić information content (AvgIpc) is 3.92. The molecule has 0 bridgehead atoms. The number of likely N-dealkylation sites (tertiary alicyclic amines) is 1. The van der Waals surface area contributed by atoms with E-state index in [0.29, 0.717) is 18.5 Å². The van der Waals surface area contributed by atoms with Crippen LogP contribution in [0.5, 0.6) is 0 Å². The second-order valence-electron chi connectivity index (χ2n) is 17.0. The highest BCUT2D eigenvalue weighted by Gasteiger charge is 2.70. The molecule has 0 radical (unpaired) electrons. The molecule has 0 spiro atoms. The molecule has 14 heteroatoms. The quantitative estimate of drug-likeness (QED) is 0.197. The monoisotopic (exact) mass is 750 g/mol. The van der Waals surface area contributed by atoms with Gasteiger partial charge in [-0.05, 0) is 65.7 Å². The Morgan fingerprint density at radius 1 is 0.926 bits per heavy atom. The van der Waals surface area contributed by atoms with Gasteiger partial charge >= 0.3 is 6.09 Å². The second-order valence-corrected chi connectivity index (χ2v) is 17.0. The maximum Gasteiger partial charge on any atom is 0.407 e. The lowest BCUT2D eigenvalue weighted by molar-refractivity contribution is -0.145. The third-order valence-electron chi connectivity index (χ3n) is 11.9. The number of hydrogen-bond acceptors (Lipinski definition) is 8. The van der Waals surface area contributed by atoms with E-state index < -0.39 is 60.3 Å². The first kappa shape index (κ1) is 40.7. The van der Waals surface area contributed by atoms with E-state index in [1.54, 1.807) is 49.3 Å². The van der Waals surface area contributed by atoms with Gasteiger partial charge < -0.3 is 35.8 Å². The normalized spacial score (nSPS) is 25.6. The van der Waals surface area contributed by atoms with Crippen molar-refractivity contribution in [2.75, 3.05) is 33.8 Å². The van der Waals surface area contributed by atoms with Gasteiger partial charge in [-0.1, -0.05) is 84.2 Å². The van der Waals surface area contributed by atoms with Crippen molar-refractivity contribution in [3.05, 3.63) is 35.9 Å². The molecule has 1 aliphatic heterocycles. The van der Waals surface area contributed by atoms with Crippen LogP contribution in [0.25, 0.3) is 0 Å². The van der Waals surface area contributed by atoms with Crippen LogP contribution in [-0.2, 0) is 33.5 Å². The maximum atomic E-state index is 14.4. The number of nitrogens with zero attached hydrogens (tertiary/aromatic N) is 2. The number of nitrogens with one attached hydrogen (secondary N) is 4. The summed E-state index contributed by atoms with van der Waals surface area (Å²) in [5.74, 6) is -4.09. The highest BCUT2D eigenvalue weighted by Crippen LogP contribution is 2.65. The number of amides is 6. The fraction of sp³-hybridized carbons (Fsp3) is 0.675. The van der Waals surface area contributed by atoms with Crippen molar-refractivity contribution in [2.24, 2.45) is 40.9 Å². The van der Waals surface area contributed by atoms with Crippen LogP contribution in [0.15, 0.2) is 30.3 Å². The largest absolute Gasteiger partial charge is 0.449 e. The fourth-order valence-electron chi connectivity index (χ4n) is 8.46. The van der Waals surface area contributed by atoms with Crippen LogP contribution in [0.2, 0.25) is 0 Å². The fourth-order valence-corrected chi connectivity index (χ4v) is 8.46. The molecule has 54 heavy (non-hydrogen) atoms. The van der Waals surface area contributed by atoms with E-state index in [2.05, 4.69) is 35.1 Å². The standard InChI is InChI=1S/C40H58N6O8/c1-22(2)21-54-39(53)44-31(25-16-12-9-13-17-25)38(52)46-20-27-29(40(27,4)5)33(46)35(49)43-32(26-18-23(26)3)34(48)36(50)41-19-28(47)42-30(37(51)45(6)7)24-14-10-8-11-15-24/h8,10-11,14-15,22-23,25-27,29-33H,9,12-13,16-21H2,1-7H3,(H,41,50)(H,42,47)(H,43,49)(H,44,53)/t23-,26?,27+,29+,30?,31+,32+,33+/m1/s1. The number of ketones is 1. The number of ether oxygens (including phenoxy) is 1. The number of carbonyl (C=O) groups is 7. The first-order valence-electron chi connectivity index (χ1n) is 19.4. The van der Waals surface area contributed by atoms with Gasteiger partial charge in [0.1, 0.15) is 24.2 Å². The van der Waals surface area contributed by atoms with E-state index in [1.807, 2.05) is 20.8 Å². The van der Waals surface area contributed by atoms with Crippen LogP contribution in [0.3, 0.4) is 0 Å². The van der Waals surface area contributed by atoms with Crippen LogP contribution in [0.4, 0.5) is 4.79 Å². The molecule has 3 aliphatic carbocycles. The van der Waals surface area contributed by atoms with Crippen molar-refractivity contribution in [1.29, 1.82) is 0 Å². The molecule has 1 aromatic carbocycles. The zero-order valence-electron chi connectivity index (χ0n) is 32.7. The van der Waals surface area contributed by atoms with E-state index in [9.17, 15) is 33.6 Å². The van der Waals surface area contributed by atoms with E-state index in [1.165, 1.54) is 4.90 Å². The first-order valence-corrected chi connectivity index (χ1v) is 19.4. The molecular formula is C40H58N6O8. The molecule has 6 amide bonds. The summed E-state index contributed by atoms with van der Waals surface area (Å²) in [5.41, 5.74) is 0.343. The van der Waals surface area contributed by atoms with Crippen LogP contribution in [0.1, 0.15) is 84.7 Å². The lowest BCUT2D eigenvalue weighted by Crippen LogP contribution is -2.60. The highest BCUT2D eigenvalue weighted by atomic mass is 16.5. The minimum Gasteiger partial charge on any atom is -0.449 e. The summed E-state index contributed by atoms with van der Waals surface area (Å²) in [6, 6.07) is 4.79. The molecule has 0 aromatic heterocycles. The molecule has 2 unspecified atom stereocenters. The molecule has 4 N–H and O–H groups in total. The Morgan fingerprint density at radius 2 is 1.57 bits per heavy atom. The van der Waals surface area contributed by atoms with Crippen molar-refractivity contribution >= 4 is 41.4 Å². The van der Waals surface area contributed by atoms with E-state index in [4.69, 9.17) is 4.74 Å². The summed E-state index contributed by atoms with van der Waals surface area (Å²) >= 11 is 0. The van der Waals surface area contributed by atoms with Crippen molar-refractivity contribution in [1.82, 2.24) is 31.1 Å². The molecule has 1 saturated heterocycles. The summed E-state index contributed by atoms with van der Waals surface area (Å²) in [7, 11) is 3.14. The Morgan fingerprint density at radius 3 is 2.17 bits per heavy atom. The Kier molecular flexibility index (Phi) is 12.7. The molecule has 1 aromatic rings. The molecule has 5 rings (SSSR count). The summed E-state index contributed by atoms with van der Waals surface area (Å²) in [4.78, 5) is 97.3. The van der Waals surface area contributed by atoms with Crippen molar-refractivity contribution in [2.45, 2.75) is 97.3 Å². The predicted octanol–water partition coefficient (Wildman–Crippen LogP) is 2.57. The minimum absolute atomic E-state index is 0.0620. The molecule has 3 saturated carbocycles. The van der Waals surface area contributed by atoms with Crippen molar-refractivity contribution in [3.8, 4) is 0 Å². The maximum absolute atomic E-state index is 14.4. The smallest absolute Gasteiger partial charge is 0.407 e. The number of alkyl carbamates (subject to hydrolysis) is 1. The van der Waals surface area contributed by atoms with Gasteiger partial charge in [-0.3, -0.25) is 28.8 Å². The number of rotatable bonds is 15. The predicted molar refractivity (Wildman–Crippen MR) is 199 cm³/mol. The Bertz CT molecular complexity index is 1590. The molecule has 8 atom stereocenters. The van der Waals surface area contributed by atoms with Crippen molar-refractivity contribution in [3.63, 3.8) is 0 Å². The zero-order valence-corrected chi connectivity index (χ0v) is 32.7. The minimum atomic E-state index is -1.15. The number of benzene rings is 1. The van der Waals surface area contributed by atoms with E-state index in [-0.39, 0.29) is 59.3 Å². The van der Waals surface area contributed by atoms with Gasteiger partial charge in [-0.25, -0.2) is 4.79 Å². The topological polar surface area (TPSA) is 183 Å². The van der Waals surface area contributed by atoms with Crippen molar-refractivity contribution < 1.29 is 38.3 Å². The van der Waals surface area contributed by atoms with Gasteiger partial charge in [0, 0.05) is 20.6 Å². The van der Waals surface area contributed by atoms with Crippen LogP contribution in [0, 0.1) is 40.9 Å². The van der Waals surface area contributed by atoms with Gasteiger partial charge in [0.2, 0.25) is 29.4 Å². The zero-order chi connectivity index (χ0) is 39.5. The summed E-state index contributed by atoms with van der Waals surface area (Å²) < 4.78 is 5.40. The van der Waals surface area contributed by atoms with E-state index >= 15 is 0 Å². The molecule has 4 aliphatic rings. The van der Waals surface area contributed by atoms with Gasteiger partial charge in [0.15, 0.2) is 0 Å². The number of Topliss-reactive ketones (excluding diaryl/α,β-unsaturated/α-hetero) is 1. The Hall–Kier alpha value is -4.49. The molecular weight excluding hydrogens is 692 g/mol. The molecule has 14 nitrogen and oxygen atoms in total. The molecule has 4 fully saturated rings. The Labute approximate surface area is 318 Å². The van der Waals surface area contributed by atoms with E-state index in [0.717, 1.165) is 32.1 Å². The first-order chi connectivity index (χ1) is 25.5. The summed E-state index contributed by atoms with van der Waals surface area (Å²) in [5, 5.41) is 10.7. The van der Waals surface area contributed by atoms with Crippen LogP contribution < -0.4 is 21.3 Å². The lowest BCUT2D eigenvalue weighted by Gasteiger charge is -2.37. The molecule has 1 heterocycles. The number of hydrogen-bond donors (Lipinski definition) is 4. The van der Waals surface area contributed by atoms with Gasteiger partial charge in [-0.2, -0.15) is 0 Å². The molecule has 296 valence electrons. The SMILES string of the molecule is CC(C)COC(=O)N[C@H](C(=O)N1C[C@H]2[C@@H]([C@H]1C(=O)N[C@H](C(=O)C(=O)NCC(=O)NC(C(=O)N(C)C)c1ccccc1)C1C[C@H]1C)C2(C)C)C1CCCCC1. The number of carbonyl (C=O) groups excluding carboxylic acids is 7. The Balaban J connectivity index is 1.27. The third kappa shape index (κ3) is 9.23. The third-order valence-corrected chi connectivity index (χ3v) is 11.9.